The lowest BCUT2D eigenvalue weighted by Gasteiger charge is -2.05. The number of alkyl halides is 3. The largest absolute Gasteiger partial charge is 0.389 e. The van der Waals surface area contributed by atoms with Crippen LogP contribution in [0.4, 0.5) is 13.2 Å². The Morgan fingerprint density at radius 3 is 2.65 bits per heavy atom. The third-order valence-electron chi connectivity index (χ3n) is 1.83. The quantitative estimate of drug-likeness (QED) is 0.585. The minimum Gasteiger partial charge on any atom is -0.373 e. The maximum Gasteiger partial charge on any atom is 0.389 e. The molecule has 0 amide bonds. The Labute approximate surface area is 105 Å². The second kappa shape index (κ2) is 6.37. The molecule has 1 rings (SSSR count). The molecule has 1 aromatic rings. The molecule has 1 heterocycles. The summed E-state index contributed by atoms with van der Waals surface area (Å²) in [5.41, 5.74) is 0. The van der Waals surface area contributed by atoms with Crippen molar-refractivity contribution in [2.24, 2.45) is 0 Å². The van der Waals surface area contributed by atoms with E-state index in [9.17, 15) is 18.0 Å². The van der Waals surface area contributed by atoms with Crippen LogP contribution in [-0.2, 0) is 4.74 Å². The van der Waals surface area contributed by atoms with E-state index < -0.39 is 12.6 Å². The van der Waals surface area contributed by atoms with Crippen LogP contribution in [0.3, 0.4) is 0 Å². The van der Waals surface area contributed by atoms with E-state index in [0.29, 0.717) is 9.21 Å². The number of carbonyl (C=O) groups is 1. The average Bonchev–Trinajstić information content (AvgIpc) is 2.62. The fourth-order valence-corrected chi connectivity index (χ4v) is 2.04. The van der Waals surface area contributed by atoms with Crippen LogP contribution in [-0.4, -0.2) is 25.2 Å². The van der Waals surface area contributed by atoms with Crippen LogP contribution >= 0.6 is 22.9 Å². The molecule has 0 spiro atoms. The molecule has 7 heteroatoms. The molecule has 0 aromatic carbocycles. The first-order valence-corrected chi connectivity index (χ1v) is 6.01. The van der Waals surface area contributed by atoms with Crippen LogP contribution in [0.5, 0.6) is 0 Å². The molecule has 0 fully saturated rings. The third-order valence-corrected chi connectivity index (χ3v) is 3.10. The normalized spacial score (nSPS) is 11.8. The second-order valence-corrected chi connectivity index (χ2v) is 5.01. The van der Waals surface area contributed by atoms with Gasteiger partial charge in [0.1, 0.15) is 6.61 Å². The van der Waals surface area contributed by atoms with Crippen molar-refractivity contribution in [2.75, 3.05) is 13.2 Å². The first-order valence-electron chi connectivity index (χ1n) is 4.81. The predicted octanol–water partition coefficient (Wildman–Crippen LogP) is 3.94. The first-order chi connectivity index (χ1) is 7.88. The highest BCUT2D eigenvalue weighted by Crippen LogP contribution is 2.22. The summed E-state index contributed by atoms with van der Waals surface area (Å²) in [6.07, 6.45) is -5.21. The summed E-state index contributed by atoms with van der Waals surface area (Å²) in [6, 6.07) is 3.15. The van der Waals surface area contributed by atoms with Gasteiger partial charge >= 0.3 is 6.18 Å². The molecule has 0 unspecified atom stereocenters. The molecule has 0 atom stereocenters. The van der Waals surface area contributed by atoms with Crippen LogP contribution in [0.25, 0.3) is 0 Å². The van der Waals surface area contributed by atoms with Crippen molar-refractivity contribution in [1.29, 1.82) is 0 Å². The van der Waals surface area contributed by atoms with Crippen molar-refractivity contribution in [3.63, 3.8) is 0 Å². The molecule has 0 bridgehead atoms. The number of ether oxygens (including phenoxy) is 1. The van der Waals surface area contributed by atoms with E-state index >= 15 is 0 Å². The first kappa shape index (κ1) is 14.5. The number of carbonyl (C=O) groups excluding carboxylic acids is 1. The molecular weight excluding hydrogens is 277 g/mol. The Kier molecular flexibility index (Phi) is 5.42. The maximum atomic E-state index is 11.8. The monoisotopic (exact) mass is 286 g/mol. The lowest BCUT2D eigenvalue weighted by Crippen LogP contribution is -2.12. The van der Waals surface area contributed by atoms with Crippen molar-refractivity contribution in [3.8, 4) is 0 Å². The number of thiophene rings is 1. The molecule has 0 saturated carbocycles. The van der Waals surface area contributed by atoms with Crippen molar-refractivity contribution in [1.82, 2.24) is 0 Å². The van der Waals surface area contributed by atoms with E-state index in [4.69, 9.17) is 16.3 Å². The molecule has 0 aliphatic carbocycles. The van der Waals surface area contributed by atoms with Crippen LogP contribution in [0.1, 0.15) is 22.5 Å². The summed E-state index contributed by atoms with van der Waals surface area (Å²) < 4.78 is 40.7. The Balaban J connectivity index is 2.17. The van der Waals surface area contributed by atoms with Crippen molar-refractivity contribution in [3.05, 3.63) is 21.3 Å². The van der Waals surface area contributed by atoms with Gasteiger partial charge in [0.25, 0.3) is 0 Å². The van der Waals surface area contributed by atoms with E-state index in [2.05, 4.69) is 0 Å². The zero-order valence-corrected chi connectivity index (χ0v) is 10.3. The topological polar surface area (TPSA) is 26.3 Å². The fourth-order valence-electron chi connectivity index (χ4n) is 1.07. The van der Waals surface area contributed by atoms with Gasteiger partial charge < -0.3 is 4.74 Å². The fraction of sp³-hybridized carbons (Fsp3) is 0.500. The van der Waals surface area contributed by atoms with Crippen molar-refractivity contribution >= 4 is 28.7 Å². The molecule has 1 aromatic heterocycles. The third kappa shape index (κ3) is 6.05. The lowest BCUT2D eigenvalue weighted by molar-refractivity contribution is -0.137. The lowest BCUT2D eigenvalue weighted by atomic mass is 10.3. The molecule has 2 nitrogen and oxygen atoms in total. The molecule has 0 aliphatic rings. The van der Waals surface area contributed by atoms with Crippen LogP contribution in [0.15, 0.2) is 12.1 Å². The summed E-state index contributed by atoms with van der Waals surface area (Å²) in [5, 5.41) is 0. The Bertz CT molecular complexity index is 376. The van der Waals surface area contributed by atoms with Crippen molar-refractivity contribution < 1.29 is 22.7 Å². The summed E-state index contributed by atoms with van der Waals surface area (Å²) in [5.74, 6) is -0.270. The standard InChI is InChI=1S/C10H10ClF3O2S/c11-9-3-2-8(17-9)7(15)6-16-5-1-4-10(12,13)14/h2-3H,1,4-6H2. The summed E-state index contributed by atoms with van der Waals surface area (Å²) >= 11 is 6.76. The van der Waals surface area contributed by atoms with Crippen LogP contribution in [0, 0.1) is 0 Å². The van der Waals surface area contributed by atoms with Crippen LogP contribution < -0.4 is 0 Å². The Morgan fingerprint density at radius 2 is 2.12 bits per heavy atom. The van der Waals surface area contributed by atoms with E-state index in [1.54, 1.807) is 12.1 Å². The highest BCUT2D eigenvalue weighted by Gasteiger charge is 2.25. The van der Waals surface area contributed by atoms with Gasteiger partial charge in [0.05, 0.1) is 9.21 Å². The van der Waals surface area contributed by atoms with E-state index in [0.717, 1.165) is 11.3 Å². The predicted molar refractivity (Wildman–Crippen MR) is 59.8 cm³/mol. The molecule has 0 radical (unpaired) electrons. The van der Waals surface area contributed by atoms with Gasteiger partial charge in [-0.1, -0.05) is 11.6 Å². The van der Waals surface area contributed by atoms with Crippen LogP contribution in [0.2, 0.25) is 4.34 Å². The van der Waals surface area contributed by atoms with Gasteiger partial charge in [-0.3, -0.25) is 4.79 Å². The molecule has 0 N–H and O–H groups in total. The van der Waals surface area contributed by atoms with Gasteiger partial charge in [-0.15, -0.1) is 11.3 Å². The summed E-state index contributed by atoms with van der Waals surface area (Å²) in [7, 11) is 0. The van der Waals surface area contributed by atoms with Gasteiger partial charge in [0.2, 0.25) is 0 Å². The van der Waals surface area contributed by atoms with Gasteiger partial charge in [-0.05, 0) is 18.6 Å². The van der Waals surface area contributed by atoms with Gasteiger partial charge in [0.15, 0.2) is 5.78 Å². The highest BCUT2D eigenvalue weighted by atomic mass is 35.5. The zero-order chi connectivity index (χ0) is 12.9. The van der Waals surface area contributed by atoms with Gasteiger partial charge in [-0.25, -0.2) is 0 Å². The minimum atomic E-state index is -4.17. The number of halogens is 4. The number of hydrogen-bond donors (Lipinski definition) is 0. The smallest absolute Gasteiger partial charge is 0.373 e. The molecule has 0 saturated heterocycles. The highest BCUT2D eigenvalue weighted by molar-refractivity contribution is 7.18. The maximum absolute atomic E-state index is 11.8. The van der Waals surface area contributed by atoms with Gasteiger partial charge in [0, 0.05) is 13.0 Å². The molecule has 0 aliphatic heterocycles. The number of ketones is 1. The van der Waals surface area contributed by atoms with E-state index in [1.165, 1.54) is 0 Å². The SMILES string of the molecule is O=C(COCCCC(F)(F)F)c1ccc(Cl)s1. The minimum absolute atomic E-state index is 0.0790. The number of hydrogen-bond acceptors (Lipinski definition) is 3. The molecular formula is C10H10ClF3O2S. The van der Waals surface area contributed by atoms with Crippen molar-refractivity contribution in [2.45, 2.75) is 19.0 Å². The summed E-state index contributed by atoms with van der Waals surface area (Å²) in [4.78, 5) is 11.9. The zero-order valence-electron chi connectivity index (χ0n) is 8.72. The number of rotatable bonds is 6. The van der Waals surface area contributed by atoms with Gasteiger partial charge in [-0.2, -0.15) is 13.2 Å². The summed E-state index contributed by atoms with van der Waals surface area (Å²) in [6.45, 7) is -0.293. The average molecular weight is 287 g/mol. The van der Waals surface area contributed by atoms with E-state index in [-0.39, 0.29) is 25.4 Å². The number of Topliss-reactive ketones (excluding diaryl/α,β-unsaturated/α-hetero) is 1. The molecule has 96 valence electrons. The molecule has 17 heavy (non-hydrogen) atoms. The van der Waals surface area contributed by atoms with E-state index in [1.807, 2.05) is 0 Å². The second-order valence-electron chi connectivity index (χ2n) is 3.30. The Morgan fingerprint density at radius 1 is 1.41 bits per heavy atom. The Hall–Kier alpha value is -0.590.